The van der Waals surface area contributed by atoms with Crippen LogP contribution in [0.1, 0.15) is 22.3 Å². The maximum Gasteiger partial charge on any atom is 0.417 e. The Morgan fingerprint density at radius 3 is 2.45 bits per heavy atom. The van der Waals surface area contributed by atoms with E-state index in [1.807, 2.05) is 0 Å². The van der Waals surface area contributed by atoms with Crippen molar-refractivity contribution >= 4 is 46.5 Å². The van der Waals surface area contributed by atoms with Gasteiger partial charge in [0.05, 0.1) is 17.1 Å². The number of oxime groups is 1. The van der Waals surface area contributed by atoms with E-state index in [1.54, 1.807) is 0 Å². The zero-order valence-electron chi connectivity index (χ0n) is 15.5. The predicted octanol–water partition coefficient (Wildman–Crippen LogP) is 3.43. The first-order valence-electron chi connectivity index (χ1n) is 8.69. The largest absolute Gasteiger partial charge is 0.417 e. The van der Waals surface area contributed by atoms with Crippen molar-refractivity contribution in [1.29, 1.82) is 0 Å². The van der Waals surface area contributed by atoms with Gasteiger partial charge >= 0.3 is 6.18 Å². The third-order valence-electron chi connectivity index (χ3n) is 4.06. The number of nitrogens with one attached hydrogen (secondary N) is 3. The van der Waals surface area contributed by atoms with E-state index in [1.165, 1.54) is 24.3 Å². The molecule has 31 heavy (non-hydrogen) atoms. The minimum atomic E-state index is -4.55. The summed E-state index contributed by atoms with van der Waals surface area (Å²) < 4.78 is 38.0. The Kier molecular flexibility index (Phi) is 6.86. The van der Waals surface area contributed by atoms with Crippen LogP contribution in [0.3, 0.4) is 0 Å². The van der Waals surface area contributed by atoms with Gasteiger partial charge in [0.1, 0.15) is 11.5 Å². The molecule has 3 rings (SSSR count). The highest BCUT2D eigenvalue weighted by Gasteiger charge is 2.32. The minimum absolute atomic E-state index is 0.0229. The van der Waals surface area contributed by atoms with Gasteiger partial charge in [-0.3, -0.25) is 20.4 Å². The normalized spacial score (nSPS) is 15.6. The first kappa shape index (κ1) is 22.6. The molecule has 2 heterocycles. The number of hydrogen-bond acceptors (Lipinski definition) is 6. The standard InChI is InChI=1S/C18H14Cl2F3N5O3/c19-11-3-1-9(2-4-11)16(29)26-27-17(30)14-6-12(31-28-14)8-25-15-13(20)5-10(7-24-15)18(21,22)23/h1-5,7,12H,6,8H2,(H,24,25)(H,26,29)(H,27,30)/t12-/m1/s1. The van der Waals surface area contributed by atoms with Crippen LogP contribution < -0.4 is 16.2 Å². The highest BCUT2D eigenvalue weighted by Crippen LogP contribution is 2.32. The molecule has 13 heteroatoms. The summed E-state index contributed by atoms with van der Waals surface area (Å²) in [5.74, 6) is -1.19. The van der Waals surface area contributed by atoms with Crippen molar-refractivity contribution in [1.82, 2.24) is 15.8 Å². The Bertz CT molecular complexity index is 1020. The van der Waals surface area contributed by atoms with E-state index in [2.05, 4.69) is 26.3 Å². The molecule has 2 aromatic rings. The molecule has 0 saturated carbocycles. The number of rotatable bonds is 5. The Hall–Kier alpha value is -3.05. The Labute approximate surface area is 183 Å². The summed E-state index contributed by atoms with van der Waals surface area (Å²) in [4.78, 5) is 32.9. The molecule has 0 radical (unpaired) electrons. The number of pyridine rings is 1. The number of amides is 2. The topological polar surface area (TPSA) is 105 Å². The fourth-order valence-electron chi connectivity index (χ4n) is 2.46. The summed E-state index contributed by atoms with van der Waals surface area (Å²) in [6, 6.07) is 6.79. The molecule has 0 saturated heterocycles. The van der Waals surface area contributed by atoms with E-state index >= 15 is 0 Å². The van der Waals surface area contributed by atoms with E-state index in [0.717, 1.165) is 6.07 Å². The van der Waals surface area contributed by atoms with Gasteiger partial charge in [-0.25, -0.2) is 4.98 Å². The van der Waals surface area contributed by atoms with Crippen molar-refractivity contribution in [3.63, 3.8) is 0 Å². The van der Waals surface area contributed by atoms with E-state index < -0.39 is 29.7 Å². The fraction of sp³-hybridized carbons (Fsp3) is 0.222. The number of hydrazine groups is 1. The van der Waals surface area contributed by atoms with Gasteiger partial charge in [0, 0.05) is 23.2 Å². The molecule has 0 aliphatic carbocycles. The van der Waals surface area contributed by atoms with Gasteiger partial charge < -0.3 is 10.2 Å². The summed E-state index contributed by atoms with van der Waals surface area (Å²) in [5, 5.41) is 6.65. The smallest absolute Gasteiger partial charge is 0.390 e. The SMILES string of the molecule is O=C(NNC(=O)c1ccc(Cl)cc1)C1=NO[C@@H](CNc2ncc(C(F)(F)F)cc2Cl)C1. The van der Waals surface area contributed by atoms with Crippen molar-refractivity contribution in [2.24, 2.45) is 5.16 Å². The number of alkyl halides is 3. The second-order valence-electron chi connectivity index (χ2n) is 6.32. The van der Waals surface area contributed by atoms with Gasteiger partial charge in [-0.15, -0.1) is 0 Å². The van der Waals surface area contributed by atoms with Crippen LogP contribution in [0.15, 0.2) is 41.7 Å². The zero-order chi connectivity index (χ0) is 22.6. The lowest BCUT2D eigenvalue weighted by Gasteiger charge is -2.13. The first-order valence-corrected chi connectivity index (χ1v) is 9.44. The molecular weight excluding hydrogens is 462 g/mol. The molecule has 164 valence electrons. The number of aromatic nitrogens is 1. The van der Waals surface area contributed by atoms with Gasteiger partial charge in [0.2, 0.25) is 0 Å². The molecule has 1 aliphatic heterocycles. The van der Waals surface area contributed by atoms with Crippen LogP contribution >= 0.6 is 23.2 Å². The van der Waals surface area contributed by atoms with Crippen molar-refractivity contribution in [3.05, 3.63) is 57.7 Å². The Morgan fingerprint density at radius 1 is 1.13 bits per heavy atom. The fourth-order valence-corrected chi connectivity index (χ4v) is 2.82. The highest BCUT2D eigenvalue weighted by atomic mass is 35.5. The van der Waals surface area contributed by atoms with Crippen LogP contribution in [-0.2, 0) is 15.8 Å². The van der Waals surface area contributed by atoms with Crippen LogP contribution in [0.4, 0.5) is 19.0 Å². The Balaban J connectivity index is 1.46. The monoisotopic (exact) mass is 475 g/mol. The van der Waals surface area contributed by atoms with Crippen LogP contribution in [0, 0.1) is 0 Å². The summed E-state index contributed by atoms with van der Waals surface area (Å²) >= 11 is 11.6. The Morgan fingerprint density at radius 2 is 1.81 bits per heavy atom. The quantitative estimate of drug-likeness (QED) is 0.574. The van der Waals surface area contributed by atoms with Crippen LogP contribution in [0.5, 0.6) is 0 Å². The average molecular weight is 476 g/mol. The lowest BCUT2D eigenvalue weighted by molar-refractivity contribution is -0.137. The van der Waals surface area contributed by atoms with Gasteiger partial charge in [0.25, 0.3) is 11.8 Å². The summed E-state index contributed by atoms with van der Waals surface area (Å²) in [7, 11) is 0. The van der Waals surface area contributed by atoms with Crippen molar-refractivity contribution in [2.45, 2.75) is 18.7 Å². The lowest BCUT2D eigenvalue weighted by Crippen LogP contribution is -2.44. The average Bonchev–Trinajstić information content (AvgIpc) is 3.20. The highest BCUT2D eigenvalue weighted by molar-refractivity contribution is 6.39. The minimum Gasteiger partial charge on any atom is -0.390 e. The third-order valence-corrected chi connectivity index (χ3v) is 4.60. The summed E-state index contributed by atoms with van der Waals surface area (Å²) in [5.41, 5.74) is 3.80. The van der Waals surface area contributed by atoms with E-state index in [9.17, 15) is 22.8 Å². The molecule has 1 atom stereocenters. The second-order valence-corrected chi connectivity index (χ2v) is 7.16. The molecule has 0 spiro atoms. The number of carbonyl (C=O) groups is 2. The van der Waals surface area contributed by atoms with E-state index in [0.29, 0.717) is 11.2 Å². The summed E-state index contributed by atoms with van der Waals surface area (Å²) in [6.07, 6.45) is -4.40. The predicted molar refractivity (Wildman–Crippen MR) is 107 cm³/mol. The maximum atomic E-state index is 12.7. The molecule has 8 nitrogen and oxygen atoms in total. The molecule has 1 aliphatic rings. The van der Waals surface area contributed by atoms with Crippen LogP contribution in [0.25, 0.3) is 0 Å². The van der Waals surface area contributed by atoms with E-state index in [4.69, 9.17) is 28.0 Å². The molecule has 0 unspecified atom stereocenters. The summed E-state index contributed by atoms with van der Waals surface area (Å²) in [6.45, 7) is 0.0789. The number of hydrogen-bond donors (Lipinski definition) is 3. The number of carbonyl (C=O) groups excluding carboxylic acids is 2. The van der Waals surface area contributed by atoms with Gasteiger partial charge in [-0.05, 0) is 30.3 Å². The van der Waals surface area contributed by atoms with Gasteiger partial charge in [-0.1, -0.05) is 28.4 Å². The van der Waals surface area contributed by atoms with Gasteiger partial charge in [0.15, 0.2) is 6.10 Å². The molecule has 1 aromatic heterocycles. The number of halogens is 5. The molecule has 3 N–H and O–H groups in total. The van der Waals surface area contributed by atoms with Crippen LogP contribution in [-0.4, -0.2) is 35.2 Å². The lowest BCUT2D eigenvalue weighted by atomic mass is 10.1. The maximum absolute atomic E-state index is 12.7. The number of benzene rings is 1. The second kappa shape index (κ2) is 9.40. The first-order chi connectivity index (χ1) is 14.6. The molecule has 2 amide bonds. The van der Waals surface area contributed by atoms with Gasteiger partial charge in [-0.2, -0.15) is 13.2 Å². The zero-order valence-corrected chi connectivity index (χ0v) is 17.0. The molecule has 0 fully saturated rings. The molecule has 0 bridgehead atoms. The van der Waals surface area contributed by atoms with Crippen molar-refractivity contribution in [3.8, 4) is 0 Å². The molecular formula is C18H14Cl2F3N5O3. The van der Waals surface area contributed by atoms with Crippen molar-refractivity contribution in [2.75, 3.05) is 11.9 Å². The van der Waals surface area contributed by atoms with Crippen molar-refractivity contribution < 1.29 is 27.6 Å². The van der Waals surface area contributed by atoms with E-state index in [-0.39, 0.29) is 35.1 Å². The number of nitrogens with zero attached hydrogens (tertiary/aromatic N) is 2. The van der Waals surface area contributed by atoms with Crippen LogP contribution in [0.2, 0.25) is 10.0 Å². The molecule has 1 aromatic carbocycles. The third kappa shape index (κ3) is 5.98. The number of anilines is 1.